The van der Waals surface area contributed by atoms with Gasteiger partial charge in [0.15, 0.2) is 11.6 Å². The van der Waals surface area contributed by atoms with Crippen LogP contribution in [0.5, 0.6) is 5.75 Å². The molecule has 1 aromatic heterocycles. The quantitative estimate of drug-likeness (QED) is 0.705. The number of fused-ring (bicyclic) bond motifs is 1. The highest BCUT2D eigenvalue weighted by atomic mass is 19.1. The smallest absolute Gasteiger partial charge is 0.272 e. The second-order valence-corrected chi connectivity index (χ2v) is 6.08. The zero-order valence-corrected chi connectivity index (χ0v) is 14.1. The molecule has 0 saturated heterocycles. The Morgan fingerprint density at radius 3 is 2.65 bits per heavy atom. The predicted molar refractivity (Wildman–Crippen MR) is 96.3 cm³/mol. The van der Waals surface area contributed by atoms with Crippen LogP contribution in [0.2, 0.25) is 0 Å². The minimum Gasteiger partial charge on any atom is -0.488 e. The lowest BCUT2D eigenvalue weighted by molar-refractivity contribution is 0.0727. The summed E-state index contributed by atoms with van der Waals surface area (Å²) in [6.07, 6.45) is 0. The molecule has 5 heteroatoms. The molecule has 0 atom stereocenters. The fraction of sp³-hybridized carbons (Fsp3) is 0.143. The van der Waals surface area contributed by atoms with Gasteiger partial charge in [0.1, 0.15) is 12.3 Å². The second-order valence-electron chi connectivity index (χ2n) is 6.08. The van der Waals surface area contributed by atoms with Gasteiger partial charge in [-0.15, -0.1) is 0 Å². The average molecular weight is 348 g/mol. The summed E-state index contributed by atoms with van der Waals surface area (Å²) in [4.78, 5) is 19.1. The molecule has 1 aliphatic rings. The van der Waals surface area contributed by atoms with Gasteiger partial charge in [0.2, 0.25) is 0 Å². The van der Waals surface area contributed by atoms with Gasteiger partial charge in [0.25, 0.3) is 5.91 Å². The third-order valence-electron chi connectivity index (χ3n) is 4.34. The zero-order valence-electron chi connectivity index (χ0n) is 14.1. The summed E-state index contributed by atoms with van der Waals surface area (Å²) < 4.78 is 19.4. The number of ether oxygens (including phenoxy) is 1. The minimum atomic E-state index is -0.402. The lowest BCUT2D eigenvalue weighted by Crippen LogP contribution is -2.33. The lowest BCUT2D eigenvalue weighted by Gasteiger charge is -2.19. The van der Waals surface area contributed by atoms with E-state index in [4.69, 9.17) is 4.74 Å². The van der Waals surface area contributed by atoms with E-state index in [2.05, 4.69) is 4.98 Å². The highest BCUT2D eigenvalue weighted by Crippen LogP contribution is 2.27. The van der Waals surface area contributed by atoms with E-state index < -0.39 is 5.82 Å². The molecule has 3 aromatic rings. The Hall–Kier alpha value is -3.21. The number of carbonyl (C=O) groups is 1. The van der Waals surface area contributed by atoms with Crippen molar-refractivity contribution >= 4 is 5.91 Å². The SMILES string of the molecule is O=C(c1cccc(-c2ccccc2)n1)N1CCOc2c(F)cccc2C1. The number of hydrogen-bond donors (Lipinski definition) is 0. The van der Waals surface area contributed by atoms with Crippen molar-refractivity contribution in [3.8, 4) is 17.0 Å². The average Bonchev–Trinajstić information content (AvgIpc) is 2.92. The molecular formula is C21H17FN2O2. The fourth-order valence-electron chi connectivity index (χ4n) is 3.04. The van der Waals surface area contributed by atoms with Gasteiger partial charge >= 0.3 is 0 Å². The van der Waals surface area contributed by atoms with Crippen molar-refractivity contribution in [2.75, 3.05) is 13.2 Å². The zero-order chi connectivity index (χ0) is 17.9. The van der Waals surface area contributed by atoms with Crippen molar-refractivity contribution in [1.82, 2.24) is 9.88 Å². The van der Waals surface area contributed by atoms with Gasteiger partial charge in [-0.3, -0.25) is 4.79 Å². The number of amides is 1. The number of hydrogen-bond acceptors (Lipinski definition) is 3. The third kappa shape index (κ3) is 3.16. The highest BCUT2D eigenvalue weighted by molar-refractivity contribution is 5.93. The Balaban J connectivity index is 1.62. The van der Waals surface area contributed by atoms with Gasteiger partial charge in [-0.05, 0) is 18.2 Å². The van der Waals surface area contributed by atoms with Crippen LogP contribution in [0, 0.1) is 5.82 Å². The third-order valence-corrected chi connectivity index (χ3v) is 4.34. The Kier molecular flexibility index (Phi) is 4.35. The van der Waals surface area contributed by atoms with E-state index in [1.165, 1.54) is 6.07 Å². The molecule has 0 fully saturated rings. The summed E-state index contributed by atoms with van der Waals surface area (Å²) in [6, 6.07) is 19.9. The molecule has 2 heterocycles. The molecular weight excluding hydrogens is 331 g/mol. The van der Waals surface area contributed by atoms with E-state index in [9.17, 15) is 9.18 Å². The maximum atomic E-state index is 13.9. The second kappa shape index (κ2) is 6.96. The van der Waals surface area contributed by atoms with Crippen molar-refractivity contribution in [1.29, 1.82) is 0 Å². The van der Waals surface area contributed by atoms with Crippen LogP contribution in [0.4, 0.5) is 4.39 Å². The number of nitrogens with zero attached hydrogens (tertiary/aromatic N) is 2. The Morgan fingerprint density at radius 1 is 1.00 bits per heavy atom. The molecule has 1 aliphatic heterocycles. The molecule has 2 aromatic carbocycles. The van der Waals surface area contributed by atoms with Crippen molar-refractivity contribution in [2.45, 2.75) is 6.54 Å². The van der Waals surface area contributed by atoms with Crippen molar-refractivity contribution in [3.63, 3.8) is 0 Å². The van der Waals surface area contributed by atoms with Crippen LogP contribution in [0.1, 0.15) is 16.1 Å². The molecule has 0 spiro atoms. The maximum absolute atomic E-state index is 13.9. The monoisotopic (exact) mass is 348 g/mol. The van der Waals surface area contributed by atoms with Crippen LogP contribution in [0.25, 0.3) is 11.3 Å². The summed E-state index contributed by atoms with van der Waals surface area (Å²) in [5.41, 5.74) is 2.73. The van der Waals surface area contributed by atoms with Crippen LogP contribution in [0.15, 0.2) is 66.7 Å². The lowest BCUT2D eigenvalue weighted by atomic mass is 10.1. The molecule has 0 N–H and O–H groups in total. The van der Waals surface area contributed by atoms with Gasteiger partial charge in [0, 0.05) is 17.7 Å². The summed E-state index contributed by atoms with van der Waals surface area (Å²) in [6.45, 7) is 0.922. The fourth-order valence-corrected chi connectivity index (χ4v) is 3.04. The number of para-hydroxylation sites is 1. The summed E-state index contributed by atoms with van der Waals surface area (Å²) in [5.74, 6) is -0.363. The number of rotatable bonds is 2. The number of carbonyl (C=O) groups excluding carboxylic acids is 1. The van der Waals surface area contributed by atoms with Crippen LogP contribution in [-0.2, 0) is 6.54 Å². The van der Waals surface area contributed by atoms with Crippen LogP contribution >= 0.6 is 0 Å². The highest BCUT2D eigenvalue weighted by Gasteiger charge is 2.23. The molecule has 130 valence electrons. The Labute approximate surface area is 150 Å². The minimum absolute atomic E-state index is 0.191. The summed E-state index contributed by atoms with van der Waals surface area (Å²) in [7, 11) is 0. The van der Waals surface area contributed by atoms with Gasteiger partial charge in [-0.25, -0.2) is 9.37 Å². The first-order valence-corrected chi connectivity index (χ1v) is 8.44. The van der Waals surface area contributed by atoms with Crippen molar-refractivity contribution in [3.05, 3.63) is 83.8 Å². The molecule has 4 rings (SSSR count). The molecule has 0 aliphatic carbocycles. The standard InChI is InChI=1S/C21H17FN2O2/c22-17-9-4-8-16-14-24(12-13-26-20(16)17)21(25)19-11-5-10-18(23-19)15-6-2-1-3-7-15/h1-11H,12-14H2. The normalized spacial score (nSPS) is 13.5. The summed E-state index contributed by atoms with van der Waals surface area (Å²) >= 11 is 0. The Bertz CT molecular complexity index is 944. The molecule has 4 nitrogen and oxygen atoms in total. The topological polar surface area (TPSA) is 42.4 Å². The van der Waals surface area contributed by atoms with Gasteiger partial charge in [-0.2, -0.15) is 0 Å². The first kappa shape index (κ1) is 16.3. The largest absolute Gasteiger partial charge is 0.488 e. The van der Waals surface area contributed by atoms with E-state index in [-0.39, 0.29) is 18.3 Å². The maximum Gasteiger partial charge on any atom is 0.272 e. The predicted octanol–water partition coefficient (Wildman–Crippen LogP) is 3.92. The van der Waals surface area contributed by atoms with Crippen molar-refractivity contribution < 1.29 is 13.9 Å². The first-order chi connectivity index (χ1) is 12.7. The van der Waals surface area contributed by atoms with E-state index >= 15 is 0 Å². The molecule has 0 unspecified atom stereocenters. The number of pyridine rings is 1. The molecule has 1 amide bonds. The van der Waals surface area contributed by atoms with Gasteiger partial charge in [0.05, 0.1) is 12.2 Å². The van der Waals surface area contributed by atoms with Crippen LogP contribution in [0.3, 0.4) is 0 Å². The van der Waals surface area contributed by atoms with Gasteiger partial charge in [-0.1, -0.05) is 48.5 Å². The molecule has 0 radical (unpaired) electrons. The van der Waals surface area contributed by atoms with E-state index in [1.54, 1.807) is 23.1 Å². The van der Waals surface area contributed by atoms with Crippen LogP contribution < -0.4 is 4.74 Å². The molecule has 26 heavy (non-hydrogen) atoms. The van der Waals surface area contributed by atoms with Gasteiger partial charge < -0.3 is 9.64 Å². The molecule has 0 saturated carbocycles. The molecule has 0 bridgehead atoms. The van der Waals surface area contributed by atoms with Crippen molar-refractivity contribution in [2.24, 2.45) is 0 Å². The first-order valence-electron chi connectivity index (χ1n) is 8.44. The number of benzene rings is 2. The number of aromatic nitrogens is 1. The van der Waals surface area contributed by atoms with Crippen LogP contribution in [-0.4, -0.2) is 28.9 Å². The van der Waals surface area contributed by atoms with E-state index in [1.807, 2.05) is 42.5 Å². The number of halogens is 1. The Morgan fingerprint density at radius 2 is 1.81 bits per heavy atom. The summed E-state index contributed by atoms with van der Waals surface area (Å²) in [5, 5.41) is 0. The van der Waals surface area contributed by atoms with E-state index in [0.717, 1.165) is 11.3 Å². The van der Waals surface area contributed by atoms with E-state index in [0.29, 0.717) is 24.3 Å².